The van der Waals surface area contributed by atoms with Gasteiger partial charge in [0.1, 0.15) is 0 Å². The summed E-state index contributed by atoms with van der Waals surface area (Å²) in [6.45, 7) is 0. The maximum atomic E-state index is 11.1. The number of hydrogen-bond donors (Lipinski definition) is 2. The fourth-order valence-corrected chi connectivity index (χ4v) is 3.85. The fourth-order valence-electron chi connectivity index (χ4n) is 2.61. The summed E-state index contributed by atoms with van der Waals surface area (Å²) in [5, 5.41) is 19.8. The minimum atomic E-state index is -1.15. The van der Waals surface area contributed by atoms with E-state index in [1.807, 2.05) is 48.5 Å². The molecule has 0 bridgehead atoms. The highest BCUT2D eigenvalue weighted by Crippen LogP contribution is 2.53. The van der Waals surface area contributed by atoms with Crippen LogP contribution in [0.2, 0.25) is 0 Å². The van der Waals surface area contributed by atoms with Gasteiger partial charge in [-0.15, -0.1) is 11.8 Å². The lowest BCUT2D eigenvalue weighted by molar-refractivity contribution is -0.136. The van der Waals surface area contributed by atoms with Crippen molar-refractivity contribution >= 4 is 17.7 Å². The summed E-state index contributed by atoms with van der Waals surface area (Å²) in [5.74, 6) is -0.477. The highest BCUT2D eigenvalue weighted by Gasteiger charge is 2.41. The Labute approximate surface area is 121 Å². The monoisotopic (exact) mass is 286 g/mol. The molecule has 4 heteroatoms. The first-order valence-electron chi connectivity index (χ1n) is 6.40. The van der Waals surface area contributed by atoms with Crippen LogP contribution in [-0.2, 0) is 9.73 Å². The third kappa shape index (κ3) is 2.01. The first-order chi connectivity index (χ1) is 9.63. The second-order valence-corrected chi connectivity index (χ2v) is 6.02. The number of carboxylic acids is 1. The van der Waals surface area contributed by atoms with E-state index in [0.29, 0.717) is 5.75 Å². The van der Waals surface area contributed by atoms with Crippen LogP contribution in [0.5, 0.6) is 0 Å². The fraction of sp³-hybridized carbons (Fsp3) is 0.188. The number of carboxylic acid groups (broad SMARTS) is 1. The smallest absolute Gasteiger partial charge is 0.304 e. The van der Waals surface area contributed by atoms with E-state index in [2.05, 4.69) is 0 Å². The molecule has 3 rings (SSSR count). The molecular weight excluding hydrogens is 272 g/mol. The molecular formula is C16H14O3S. The quantitative estimate of drug-likeness (QED) is 0.848. The van der Waals surface area contributed by atoms with Gasteiger partial charge in [-0.25, -0.2) is 0 Å². The first kappa shape index (κ1) is 13.2. The van der Waals surface area contributed by atoms with Crippen molar-refractivity contribution in [3.05, 3.63) is 59.7 Å². The van der Waals surface area contributed by atoms with Crippen molar-refractivity contribution in [2.45, 2.75) is 11.4 Å². The van der Waals surface area contributed by atoms with E-state index < -0.39 is 10.9 Å². The Balaban J connectivity index is 2.04. The Morgan fingerprint density at radius 3 is 2.00 bits per heavy atom. The van der Waals surface area contributed by atoms with Crippen LogP contribution in [-0.4, -0.2) is 21.9 Å². The molecule has 0 saturated heterocycles. The van der Waals surface area contributed by atoms with E-state index >= 15 is 0 Å². The summed E-state index contributed by atoms with van der Waals surface area (Å²) in [6, 6.07) is 15.5. The van der Waals surface area contributed by atoms with Crippen LogP contribution in [0.3, 0.4) is 0 Å². The van der Waals surface area contributed by atoms with Crippen molar-refractivity contribution in [2.24, 2.45) is 0 Å². The van der Waals surface area contributed by atoms with Crippen LogP contribution in [0.25, 0.3) is 11.1 Å². The maximum Gasteiger partial charge on any atom is 0.304 e. The number of rotatable bonds is 4. The first-order valence-corrected chi connectivity index (χ1v) is 7.39. The van der Waals surface area contributed by atoms with Gasteiger partial charge < -0.3 is 10.2 Å². The topological polar surface area (TPSA) is 57.5 Å². The van der Waals surface area contributed by atoms with Crippen molar-refractivity contribution in [1.82, 2.24) is 0 Å². The second kappa shape index (κ2) is 4.96. The lowest BCUT2D eigenvalue weighted by Gasteiger charge is -2.24. The zero-order valence-electron chi connectivity index (χ0n) is 10.7. The number of carbonyl (C=O) groups is 1. The third-order valence-corrected chi connectivity index (χ3v) is 4.77. The van der Waals surface area contributed by atoms with E-state index in [1.165, 1.54) is 11.8 Å². The summed E-state index contributed by atoms with van der Waals surface area (Å²) >= 11 is 1.27. The molecule has 0 fully saturated rings. The number of aliphatic carboxylic acids is 1. The Hall–Kier alpha value is -1.78. The van der Waals surface area contributed by atoms with Gasteiger partial charge in [-0.05, 0) is 11.1 Å². The van der Waals surface area contributed by atoms with Crippen LogP contribution in [0.15, 0.2) is 48.5 Å². The van der Waals surface area contributed by atoms with Crippen LogP contribution in [0.4, 0.5) is 0 Å². The zero-order valence-corrected chi connectivity index (χ0v) is 11.6. The van der Waals surface area contributed by atoms with Gasteiger partial charge in [-0.2, -0.15) is 0 Å². The third-order valence-electron chi connectivity index (χ3n) is 3.50. The van der Waals surface area contributed by atoms with Crippen molar-refractivity contribution in [2.75, 3.05) is 5.75 Å². The van der Waals surface area contributed by atoms with Crippen LogP contribution >= 0.6 is 11.8 Å². The molecule has 0 radical (unpaired) electrons. The lowest BCUT2D eigenvalue weighted by atomic mass is 10.1. The van der Waals surface area contributed by atoms with Crippen LogP contribution in [0, 0.1) is 0 Å². The van der Waals surface area contributed by atoms with E-state index in [9.17, 15) is 9.90 Å². The van der Waals surface area contributed by atoms with Gasteiger partial charge in [0.05, 0.1) is 6.42 Å². The number of aliphatic hydroxyl groups is 1. The summed E-state index contributed by atoms with van der Waals surface area (Å²) in [6.07, 6.45) is 0.0390. The van der Waals surface area contributed by atoms with E-state index in [4.69, 9.17) is 5.11 Å². The molecule has 0 amide bonds. The molecule has 0 aromatic heterocycles. The predicted molar refractivity (Wildman–Crippen MR) is 79.6 cm³/mol. The van der Waals surface area contributed by atoms with Gasteiger partial charge in [0.2, 0.25) is 0 Å². The summed E-state index contributed by atoms with van der Waals surface area (Å²) in [5.41, 5.74) is 3.73. The molecule has 20 heavy (non-hydrogen) atoms. The summed E-state index contributed by atoms with van der Waals surface area (Å²) < 4.78 is 0. The molecule has 3 nitrogen and oxygen atoms in total. The highest BCUT2D eigenvalue weighted by molar-refractivity contribution is 8.00. The lowest BCUT2D eigenvalue weighted by Crippen LogP contribution is -2.21. The molecule has 0 spiro atoms. The molecule has 0 heterocycles. The minimum Gasteiger partial charge on any atom is -0.481 e. The minimum absolute atomic E-state index is 0.0390. The molecule has 0 saturated carbocycles. The Morgan fingerprint density at radius 2 is 1.50 bits per heavy atom. The Morgan fingerprint density at radius 1 is 1.00 bits per heavy atom. The van der Waals surface area contributed by atoms with Gasteiger partial charge in [0.15, 0.2) is 4.93 Å². The Kier molecular flexibility index (Phi) is 3.28. The van der Waals surface area contributed by atoms with Crippen molar-refractivity contribution < 1.29 is 15.0 Å². The van der Waals surface area contributed by atoms with E-state index in [1.54, 1.807) is 0 Å². The average molecular weight is 286 g/mol. The molecule has 102 valence electrons. The van der Waals surface area contributed by atoms with Gasteiger partial charge in [0, 0.05) is 16.9 Å². The Bertz CT molecular complexity index is 621. The van der Waals surface area contributed by atoms with Crippen molar-refractivity contribution in [3.63, 3.8) is 0 Å². The molecule has 0 aliphatic heterocycles. The standard InChI is InChI=1S/C16H14O3S/c17-15(18)9-10-20-16(19)13-7-3-1-5-11(13)12-6-2-4-8-14(12)16/h1-8,19H,9-10H2,(H,17,18). The molecule has 2 aromatic rings. The molecule has 1 aliphatic carbocycles. The van der Waals surface area contributed by atoms with Crippen LogP contribution in [0.1, 0.15) is 17.5 Å². The highest BCUT2D eigenvalue weighted by atomic mass is 32.2. The molecule has 2 N–H and O–H groups in total. The SMILES string of the molecule is O=C(O)CCSC1(O)c2ccccc2-c2ccccc21. The predicted octanol–water partition coefficient (Wildman–Crippen LogP) is 3.07. The van der Waals surface area contributed by atoms with Crippen LogP contribution < -0.4 is 0 Å². The normalized spacial score (nSPS) is 14.7. The molecule has 1 aliphatic rings. The van der Waals surface area contributed by atoms with E-state index in [-0.39, 0.29) is 6.42 Å². The van der Waals surface area contributed by atoms with Gasteiger partial charge >= 0.3 is 5.97 Å². The largest absolute Gasteiger partial charge is 0.481 e. The van der Waals surface area contributed by atoms with E-state index in [0.717, 1.165) is 22.3 Å². The summed E-state index contributed by atoms with van der Waals surface area (Å²) in [4.78, 5) is 9.52. The van der Waals surface area contributed by atoms with Gasteiger partial charge in [0.25, 0.3) is 0 Å². The maximum absolute atomic E-state index is 11.1. The molecule has 2 aromatic carbocycles. The second-order valence-electron chi connectivity index (χ2n) is 4.73. The number of hydrogen-bond acceptors (Lipinski definition) is 3. The zero-order chi connectivity index (χ0) is 14.2. The molecule has 0 atom stereocenters. The number of thioether (sulfide) groups is 1. The summed E-state index contributed by atoms with van der Waals surface area (Å²) in [7, 11) is 0. The van der Waals surface area contributed by atoms with Crippen molar-refractivity contribution in [1.29, 1.82) is 0 Å². The average Bonchev–Trinajstić information content (AvgIpc) is 2.70. The van der Waals surface area contributed by atoms with Gasteiger partial charge in [-0.1, -0.05) is 48.5 Å². The number of benzene rings is 2. The van der Waals surface area contributed by atoms with Gasteiger partial charge in [-0.3, -0.25) is 4.79 Å². The number of fused-ring (bicyclic) bond motifs is 3. The molecule has 0 unspecified atom stereocenters. The van der Waals surface area contributed by atoms with Crippen molar-refractivity contribution in [3.8, 4) is 11.1 Å².